The van der Waals surface area contributed by atoms with Gasteiger partial charge in [0.05, 0.1) is 6.04 Å². The van der Waals surface area contributed by atoms with Crippen molar-refractivity contribution in [3.8, 4) is 0 Å². The Morgan fingerprint density at radius 1 is 1.09 bits per heavy atom. The molecule has 4 N–H and O–H groups in total. The fourth-order valence-corrected chi connectivity index (χ4v) is 3.15. The lowest BCUT2D eigenvalue weighted by molar-refractivity contribution is -0.123. The van der Waals surface area contributed by atoms with Crippen molar-refractivity contribution in [2.45, 2.75) is 18.4 Å². The number of anilines is 1. The molecule has 0 saturated carbocycles. The zero-order valence-electron chi connectivity index (χ0n) is 12.7. The standard InChI is InChI=1S/C18H19N3O2/c19-15-10-14(12-6-2-1-3-7-12)13-8-4-5-9-16(13)21(18(15)23)11-17(20)22/h1-9,14-15H,10-11,19H2,(H2,20,22). The van der Waals surface area contributed by atoms with E-state index < -0.39 is 11.9 Å². The first kappa shape index (κ1) is 15.2. The Morgan fingerprint density at radius 3 is 2.43 bits per heavy atom. The first-order chi connectivity index (χ1) is 11.1. The van der Waals surface area contributed by atoms with Crippen molar-refractivity contribution >= 4 is 17.5 Å². The molecule has 2 atom stereocenters. The van der Waals surface area contributed by atoms with Gasteiger partial charge in [0, 0.05) is 11.6 Å². The van der Waals surface area contributed by atoms with E-state index in [1.54, 1.807) is 0 Å². The van der Waals surface area contributed by atoms with Crippen LogP contribution in [0.2, 0.25) is 0 Å². The van der Waals surface area contributed by atoms with Crippen molar-refractivity contribution in [2.24, 2.45) is 11.5 Å². The molecule has 2 aromatic rings. The number of carbonyl (C=O) groups is 2. The van der Waals surface area contributed by atoms with Gasteiger partial charge in [-0.25, -0.2) is 0 Å². The number of amides is 2. The van der Waals surface area contributed by atoms with Crippen molar-refractivity contribution in [1.82, 2.24) is 0 Å². The summed E-state index contributed by atoms with van der Waals surface area (Å²) in [7, 11) is 0. The fourth-order valence-electron chi connectivity index (χ4n) is 3.15. The van der Waals surface area contributed by atoms with Gasteiger partial charge in [-0.15, -0.1) is 0 Å². The Morgan fingerprint density at radius 2 is 1.74 bits per heavy atom. The fraction of sp³-hybridized carbons (Fsp3) is 0.222. The number of hydrogen-bond donors (Lipinski definition) is 2. The molecule has 0 aromatic heterocycles. The van der Waals surface area contributed by atoms with Crippen LogP contribution in [0, 0.1) is 0 Å². The zero-order chi connectivity index (χ0) is 16.4. The number of carbonyl (C=O) groups excluding carboxylic acids is 2. The van der Waals surface area contributed by atoms with E-state index in [-0.39, 0.29) is 18.4 Å². The SMILES string of the molecule is NC(=O)CN1C(=O)C(N)CC(c2ccccc2)c2ccccc21. The van der Waals surface area contributed by atoms with Crippen molar-refractivity contribution in [1.29, 1.82) is 0 Å². The van der Waals surface area contributed by atoms with E-state index in [1.807, 2.05) is 54.6 Å². The first-order valence-corrected chi connectivity index (χ1v) is 7.57. The van der Waals surface area contributed by atoms with E-state index in [4.69, 9.17) is 11.5 Å². The highest BCUT2D eigenvalue weighted by atomic mass is 16.2. The summed E-state index contributed by atoms with van der Waals surface area (Å²) in [6.07, 6.45) is 0.495. The first-order valence-electron chi connectivity index (χ1n) is 7.57. The lowest BCUT2D eigenvalue weighted by atomic mass is 9.86. The Labute approximate surface area is 134 Å². The maximum absolute atomic E-state index is 12.6. The second-order valence-corrected chi connectivity index (χ2v) is 5.75. The van der Waals surface area contributed by atoms with Crippen molar-refractivity contribution < 1.29 is 9.59 Å². The summed E-state index contributed by atoms with van der Waals surface area (Å²) in [5.41, 5.74) is 14.2. The van der Waals surface area contributed by atoms with Gasteiger partial charge in [0.25, 0.3) is 0 Å². The lowest BCUT2D eigenvalue weighted by Gasteiger charge is -2.23. The molecule has 0 fully saturated rings. The van der Waals surface area contributed by atoms with Gasteiger partial charge in [-0.05, 0) is 23.6 Å². The predicted molar refractivity (Wildman–Crippen MR) is 88.9 cm³/mol. The topological polar surface area (TPSA) is 89.4 Å². The number of para-hydroxylation sites is 1. The molecule has 0 aliphatic carbocycles. The van der Waals surface area contributed by atoms with Gasteiger partial charge < -0.3 is 16.4 Å². The Bertz CT molecular complexity index is 730. The molecule has 5 nitrogen and oxygen atoms in total. The number of primary amides is 1. The maximum Gasteiger partial charge on any atom is 0.244 e. The molecule has 1 aliphatic rings. The molecule has 1 aliphatic heterocycles. The van der Waals surface area contributed by atoms with Crippen LogP contribution in [0.25, 0.3) is 0 Å². The Hall–Kier alpha value is -2.66. The summed E-state index contributed by atoms with van der Waals surface area (Å²) in [5, 5.41) is 0. The third-order valence-electron chi connectivity index (χ3n) is 4.19. The van der Waals surface area contributed by atoms with Crippen LogP contribution < -0.4 is 16.4 Å². The van der Waals surface area contributed by atoms with E-state index in [0.717, 1.165) is 11.1 Å². The average Bonchev–Trinajstić information content (AvgIpc) is 2.66. The molecule has 2 aromatic carbocycles. The monoisotopic (exact) mass is 309 g/mol. The number of nitrogens with zero attached hydrogens (tertiary/aromatic N) is 1. The molecule has 0 spiro atoms. The van der Waals surface area contributed by atoms with E-state index >= 15 is 0 Å². The largest absolute Gasteiger partial charge is 0.368 e. The molecule has 2 unspecified atom stereocenters. The number of nitrogens with two attached hydrogens (primary N) is 2. The molecular formula is C18H19N3O2. The van der Waals surface area contributed by atoms with Crippen LogP contribution in [-0.2, 0) is 9.59 Å². The molecule has 0 saturated heterocycles. The second-order valence-electron chi connectivity index (χ2n) is 5.75. The Balaban J connectivity index is 2.13. The average molecular weight is 309 g/mol. The molecule has 2 amide bonds. The molecular weight excluding hydrogens is 290 g/mol. The van der Waals surface area contributed by atoms with Crippen LogP contribution in [-0.4, -0.2) is 24.4 Å². The second kappa shape index (κ2) is 6.22. The van der Waals surface area contributed by atoms with Crippen LogP contribution in [0.15, 0.2) is 54.6 Å². The molecule has 5 heteroatoms. The van der Waals surface area contributed by atoms with E-state index in [2.05, 4.69) is 0 Å². The van der Waals surface area contributed by atoms with Crippen molar-refractivity contribution in [2.75, 3.05) is 11.4 Å². The van der Waals surface area contributed by atoms with Crippen LogP contribution in [0.3, 0.4) is 0 Å². The van der Waals surface area contributed by atoms with Crippen molar-refractivity contribution in [3.63, 3.8) is 0 Å². The minimum atomic E-state index is -0.674. The highest BCUT2D eigenvalue weighted by molar-refractivity contribution is 6.02. The van der Waals surface area contributed by atoms with Crippen LogP contribution in [0.4, 0.5) is 5.69 Å². The highest BCUT2D eigenvalue weighted by Gasteiger charge is 2.34. The molecule has 0 radical (unpaired) electrons. The van der Waals surface area contributed by atoms with Gasteiger partial charge in [0.15, 0.2) is 0 Å². The summed E-state index contributed by atoms with van der Waals surface area (Å²) in [5.74, 6) is -0.822. The zero-order valence-corrected chi connectivity index (χ0v) is 12.7. The van der Waals surface area contributed by atoms with Gasteiger partial charge in [0.1, 0.15) is 6.54 Å². The number of hydrogen-bond acceptors (Lipinski definition) is 3. The van der Waals surface area contributed by atoms with Gasteiger partial charge >= 0.3 is 0 Å². The minimum Gasteiger partial charge on any atom is -0.368 e. The van der Waals surface area contributed by atoms with Crippen LogP contribution in [0.5, 0.6) is 0 Å². The molecule has 3 rings (SSSR count). The normalized spacial score (nSPS) is 20.7. The van der Waals surface area contributed by atoms with Crippen molar-refractivity contribution in [3.05, 3.63) is 65.7 Å². The Kier molecular flexibility index (Phi) is 4.12. The molecule has 1 heterocycles. The van der Waals surface area contributed by atoms with Gasteiger partial charge in [-0.3, -0.25) is 9.59 Å². The third-order valence-corrected chi connectivity index (χ3v) is 4.19. The summed E-state index contributed by atoms with van der Waals surface area (Å²) >= 11 is 0. The van der Waals surface area contributed by atoms with Crippen LogP contribution in [0.1, 0.15) is 23.5 Å². The van der Waals surface area contributed by atoms with E-state index in [0.29, 0.717) is 12.1 Å². The van der Waals surface area contributed by atoms with E-state index in [1.165, 1.54) is 4.90 Å². The third kappa shape index (κ3) is 2.96. The van der Waals surface area contributed by atoms with E-state index in [9.17, 15) is 9.59 Å². The minimum absolute atomic E-state index is 0.00391. The number of rotatable bonds is 3. The smallest absolute Gasteiger partial charge is 0.244 e. The molecule has 23 heavy (non-hydrogen) atoms. The summed E-state index contributed by atoms with van der Waals surface area (Å²) in [6, 6.07) is 16.9. The predicted octanol–water partition coefficient (Wildman–Crippen LogP) is 1.37. The van der Waals surface area contributed by atoms with Gasteiger partial charge in [-0.1, -0.05) is 48.5 Å². The maximum atomic E-state index is 12.6. The highest BCUT2D eigenvalue weighted by Crippen LogP contribution is 2.38. The lowest BCUT2D eigenvalue weighted by Crippen LogP contribution is -2.46. The molecule has 118 valence electrons. The van der Waals surface area contributed by atoms with Crippen LogP contribution >= 0.6 is 0 Å². The summed E-state index contributed by atoms with van der Waals surface area (Å²) in [4.78, 5) is 25.4. The van der Waals surface area contributed by atoms with Gasteiger partial charge in [0.2, 0.25) is 11.8 Å². The summed E-state index contributed by atoms with van der Waals surface area (Å²) in [6.45, 7) is -0.162. The number of fused-ring (bicyclic) bond motifs is 1. The quantitative estimate of drug-likeness (QED) is 0.897. The molecule has 0 bridgehead atoms. The summed E-state index contributed by atoms with van der Waals surface area (Å²) < 4.78 is 0. The number of benzene rings is 2. The van der Waals surface area contributed by atoms with Gasteiger partial charge in [-0.2, -0.15) is 0 Å².